The highest BCUT2D eigenvalue weighted by molar-refractivity contribution is 5.97. The number of para-hydroxylation sites is 5. The van der Waals surface area contributed by atoms with Crippen LogP contribution in [-0.2, 0) is 28.1 Å². The van der Waals surface area contributed by atoms with E-state index < -0.39 is 16.2 Å². The zero-order valence-corrected chi connectivity index (χ0v) is 48.1. The molecule has 4 nitrogen and oxygen atoms in total. The van der Waals surface area contributed by atoms with Gasteiger partial charge in [-0.15, -0.1) is 0 Å². The van der Waals surface area contributed by atoms with Gasteiger partial charge >= 0.3 is 0 Å². The number of fused-ring (bicyclic) bond motifs is 17. The molecule has 86 heavy (non-hydrogen) atoms. The Kier molecular flexibility index (Phi) is 11.0. The van der Waals surface area contributed by atoms with E-state index in [1.165, 1.54) is 50.1 Å². The van der Waals surface area contributed by atoms with Crippen molar-refractivity contribution in [1.29, 1.82) is 0 Å². The summed E-state index contributed by atoms with van der Waals surface area (Å²) in [6.07, 6.45) is 2.63. The third-order valence-electron chi connectivity index (χ3n) is 19.6. The number of rotatable bonds is 6. The van der Waals surface area contributed by atoms with E-state index >= 15 is 0 Å². The van der Waals surface area contributed by atoms with Gasteiger partial charge in [0, 0.05) is 55.8 Å². The minimum absolute atomic E-state index is 0.274. The second-order valence-electron chi connectivity index (χ2n) is 24.5. The lowest BCUT2D eigenvalue weighted by Crippen LogP contribution is -2.45. The maximum absolute atomic E-state index is 6.84. The number of hydrogen-bond donors (Lipinski definition) is 0. The van der Waals surface area contributed by atoms with Crippen molar-refractivity contribution < 1.29 is 9.47 Å². The Bertz CT molecular complexity index is 4830. The molecular formula is C82H58N2O2. The quantitative estimate of drug-likeness (QED) is 0.166. The van der Waals surface area contributed by atoms with Crippen LogP contribution in [0.1, 0.15) is 93.1 Å². The molecule has 0 N–H and O–H groups in total. The lowest BCUT2D eigenvalue weighted by Gasteiger charge is -2.51. The number of hydrogen-bond acceptors (Lipinski definition) is 4. The summed E-state index contributed by atoms with van der Waals surface area (Å²) in [7, 11) is 0. The maximum atomic E-state index is 6.84. The predicted octanol–water partition coefficient (Wildman–Crippen LogP) is 19.8. The molecule has 2 aromatic heterocycles. The molecule has 0 radical (unpaired) electrons. The number of aromatic nitrogens is 2. The smallest absolute Gasteiger partial charge is 0.132 e. The van der Waals surface area contributed by atoms with E-state index in [0.717, 1.165) is 107 Å². The Morgan fingerprint density at radius 3 is 1.40 bits per heavy atom. The van der Waals surface area contributed by atoms with Crippen LogP contribution in [0.25, 0.3) is 55.7 Å². The molecule has 2 aliphatic heterocycles. The van der Waals surface area contributed by atoms with E-state index in [4.69, 9.17) is 19.4 Å². The van der Waals surface area contributed by atoms with Gasteiger partial charge in [0.05, 0.1) is 27.7 Å². The van der Waals surface area contributed by atoms with Crippen LogP contribution < -0.4 is 9.47 Å². The first-order valence-electron chi connectivity index (χ1n) is 30.0. The summed E-state index contributed by atoms with van der Waals surface area (Å²) in [5.41, 5.74) is 23.7. The summed E-state index contributed by atoms with van der Waals surface area (Å²) in [5, 5.41) is 1.12. The number of ether oxygens (including phenoxy) is 2. The Morgan fingerprint density at radius 1 is 0.314 bits per heavy atom. The van der Waals surface area contributed by atoms with E-state index in [0.29, 0.717) is 0 Å². The summed E-state index contributed by atoms with van der Waals surface area (Å²) in [5.74, 6) is 3.52. The first kappa shape index (κ1) is 50.1. The molecule has 1 atom stereocenters. The highest BCUT2D eigenvalue weighted by Gasteiger charge is 2.55. The fraction of sp³-hybridized carbons (Fsp3) is 0.0976. The van der Waals surface area contributed by atoms with Crippen molar-refractivity contribution in [3.8, 4) is 67.8 Å². The maximum Gasteiger partial charge on any atom is 0.132 e. The second kappa shape index (κ2) is 18.8. The van der Waals surface area contributed by atoms with Crippen molar-refractivity contribution in [2.75, 3.05) is 0 Å². The third kappa shape index (κ3) is 7.10. The first-order chi connectivity index (χ1) is 42.2. The van der Waals surface area contributed by atoms with Crippen LogP contribution in [0.3, 0.4) is 0 Å². The zero-order valence-electron chi connectivity index (χ0n) is 48.1. The SMILES string of the molecule is CC1(C)c2ccccc2C2(c3ccccc3Oc3ccccc32)c2cc(-c3cc(-c4ccc(CC5(C)c6ccccc6C6(c7ccccc7Oc7ccccc76)c6cc(-c7cccc(-c8ccccn8)c7)ccc65)cc4)nc4ccccc34)ccc21. The van der Waals surface area contributed by atoms with Gasteiger partial charge in [-0.25, -0.2) is 4.98 Å². The van der Waals surface area contributed by atoms with Crippen molar-refractivity contribution in [2.45, 2.75) is 48.9 Å². The molecule has 2 spiro atoms. The van der Waals surface area contributed by atoms with Gasteiger partial charge in [-0.1, -0.05) is 233 Å². The van der Waals surface area contributed by atoms with Crippen molar-refractivity contribution >= 4 is 10.9 Å². The van der Waals surface area contributed by atoms with Gasteiger partial charge in [0.2, 0.25) is 0 Å². The molecule has 0 fully saturated rings. The van der Waals surface area contributed by atoms with Gasteiger partial charge in [-0.3, -0.25) is 4.98 Å². The highest BCUT2D eigenvalue weighted by Crippen LogP contribution is 2.64. The zero-order chi connectivity index (χ0) is 57.4. The largest absolute Gasteiger partial charge is 0.457 e. The molecule has 11 aromatic carbocycles. The Hall–Kier alpha value is -10.4. The van der Waals surface area contributed by atoms with Crippen molar-refractivity contribution in [2.24, 2.45) is 0 Å². The van der Waals surface area contributed by atoms with Gasteiger partial charge in [0.25, 0.3) is 0 Å². The van der Waals surface area contributed by atoms with Crippen molar-refractivity contribution in [3.05, 3.63) is 358 Å². The van der Waals surface area contributed by atoms with Crippen LogP contribution in [-0.4, -0.2) is 9.97 Å². The predicted molar refractivity (Wildman–Crippen MR) is 347 cm³/mol. The summed E-state index contributed by atoms with van der Waals surface area (Å²) < 4.78 is 13.6. The molecule has 4 heterocycles. The minimum atomic E-state index is -0.673. The summed E-state index contributed by atoms with van der Waals surface area (Å²) in [4.78, 5) is 10.2. The average Bonchev–Trinajstić information content (AvgIpc) is 0.697. The van der Waals surface area contributed by atoms with Crippen LogP contribution in [0.15, 0.2) is 285 Å². The van der Waals surface area contributed by atoms with Crippen molar-refractivity contribution in [3.63, 3.8) is 0 Å². The fourth-order valence-corrected chi connectivity index (χ4v) is 15.8. The third-order valence-corrected chi connectivity index (χ3v) is 19.6. The molecule has 1 unspecified atom stereocenters. The molecule has 2 aliphatic carbocycles. The first-order valence-corrected chi connectivity index (χ1v) is 30.0. The standard InChI is InChI=1S/C82H58N2O2/c1-79(2)60-24-5-7-26-64(60)81(66-28-9-14-34-75(66)85-76-35-15-10-29-67(76)81)70-49-56(43-44-61(70)79)59-50-74(84-73-33-13-4-23-58(59)73)53-40-38-52(39-41-53)51-80(3)62-25-6-8-27-65(62)82(68-30-11-16-36-77(68)86-78-37-17-12-31-69(78)82)71-48-55(42-45-63(71)80)54-21-20-22-57(47-54)72-32-18-19-46-83-72/h4-50H,51H2,1-3H3. The molecule has 0 saturated heterocycles. The molecular weight excluding hydrogens is 1040 g/mol. The number of nitrogens with zero attached hydrogens (tertiary/aromatic N) is 2. The molecule has 4 aliphatic rings. The van der Waals surface area contributed by atoms with Crippen LogP contribution in [0.5, 0.6) is 23.0 Å². The molecule has 0 bridgehead atoms. The molecule has 13 aromatic rings. The summed E-state index contributed by atoms with van der Waals surface area (Å²) in [6.45, 7) is 7.22. The Morgan fingerprint density at radius 2 is 0.767 bits per heavy atom. The fourth-order valence-electron chi connectivity index (χ4n) is 15.8. The number of benzene rings is 11. The van der Waals surface area contributed by atoms with Gasteiger partial charge in [0.15, 0.2) is 0 Å². The van der Waals surface area contributed by atoms with E-state index in [2.05, 4.69) is 294 Å². The lowest BCUT2D eigenvalue weighted by molar-refractivity contribution is 0.421. The topological polar surface area (TPSA) is 44.2 Å². The second-order valence-corrected chi connectivity index (χ2v) is 24.5. The van der Waals surface area contributed by atoms with Crippen molar-refractivity contribution in [1.82, 2.24) is 9.97 Å². The molecule has 408 valence electrons. The number of pyridine rings is 2. The van der Waals surface area contributed by atoms with Gasteiger partial charge < -0.3 is 9.47 Å². The van der Waals surface area contributed by atoms with Gasteiger partial charge in [-0.05, 0) is 145 Å². The van der Waals surface area contributed by atoms with E-state index in [-0.39, 0.29) is 5.41 Å². The van der Waals surface area contributed by atoms with E-state index in [9.17, 15) is 0 Å². The van der Waals surface area contributed by atoms with Crippen LogP contribution in [0.4, 0.5) is 0 Å². The van der Waals surface area contributed by atoms with Crippen LogP contribution in [0.2, 0.25) is 0 Å². The van der Waals surface area contributed by atoms with Gasteiger partial charge in [-0.2, -0.15) is 0 Å². The van der Waals surface area contributed by atoms with Crippen LogP contribution >= 0.6 is 0 Å². The van der Waals surface area contributed by atoms with Crippen LogP contribution in [0, 0.1) is 0 Å². The summed E-state index contributed by atoms with van der Waals surface area (Å²) >= 11 is 0. The normalized spacial score (nSPS) is 16.4. The molecule has 0 saturated carbocycles. The Labute approximate surface area is 501 Å². The van der Waals surface area contributed by atoms with E-state index in [1.54, 1.807) is 0 Å². The minimum Gasteiger partial charge on any atom is -0.457 e. The van der Waals surface area contributed by atoms with E-state index in [1.807, 2.05) is 12.3 Å². The molecule has 4 heteroatoms. The Balaban J connectivity index is 0.803. The highest BCUT2D eigenvalue weighted by atomic mass is 16.5. The van der Waals surface area contributed by atoms with Gasteiger partial charge in [0.1, 0.15) is 23.0 Å². The summed E-state index contributed by atoms with van der Waals surface area (Å²) in [6, 6.07) is 102. The lowest BCUT2D eigenvalue weighted by atomic mass is 9.52. The average molecular weight is 1100 g/mol. The molecule has 17 rings (SSSR count). The molecule has 0 amide bonds. The monoisotopic (exact) mass is 1100 g/mol.